The topological polar surface area (TPSA) is 60.8 Å². The van der Waals surface area contributed by atoms with Crippen molar-refractivity contribution in [1.29, 1.82) is 0 Å². The van der Waals surface area contributed by atoms with E-state index >= 15 is 0 Å². The van der Waals surface area contributed by atoms with E-state index in [4.69, 9.17) is 0 Å². The van der Waals surface area contributed by atoms with Crippen LogP contribution in [0.1, 0.15) is 24.4 Å². The van der Waals surface area contributed by atoms with Crippen LogP contribution in [0.4, 0.5) is 4.79 Å². The molecule has 0 spiro atoms. The number of halogens is 1. The molecule has 17 heavy (non-hydrogen) atoms. The molecule has 1 saturated heterocycles. The Morgan fingerprint density at radius 3 is 2.53 bits per heavy atom. The lowest BCUT2D eigenvalue weighted by Gasteiger charge is -2.26. The highest BCUT2D eigenvalue weighted by Gasteiger charge is 2.37. The molecule has 1 fully saturated rings. The van der Waals surface area contributed by atoms with Gasteiger partial charge < -0.3 is 10.2 Å². The monoisotopic (exact) mass is 299 g/mol. The first-order valence-corrected chi connectivity index (χ1v) is 6.30. The Labute approximate surface area is 108 Å². The number of hydrogen-bond acceptors (Lipinski definition) is 2. The van der Waals surface area contributed by atoms with Crippen molar-refractivity contribution in [2.45, 2.75) is 24.9 Å². The van der Waals surface area contributed by atoms with Gasteiger partial charge in [0.2, 0.25) is 0 Å². The number of aliphatic hydroxyl groups excluding tert-OH is 1. The number of likely N-dealkylation sites (tertiary alicyclic amines) is 1. The third-order valence-corrected chi connectivity index (χ3v) is 3.72. The molecule has 1 amide bonds. The van der Waals surface area contributed by atoms with Gasteiger partial charge in [0.15, 0.2) is 0 Å². The van der Waals surface area contributed by atoms with Crippen LogP contribution in [-0.4, -0.2) is 33.9 Å². The van der Waals surface area contributed by atoms with Gasteiger partial charge in [-0.05, 0) is 30.5 Å². The van der Waals surface area contributed by atoms with Crippen molar-refractivity contribution >= 4 is 22.0 Å². The summed E-state index contributed by atoms with van der Waals surface area (Å²) in [6.45, 7) is -0.112. The van der Waals surface area contributed by atoms with Gasteiger partial charge in [-0.25, -0.2) is 4.79 Å². The first-order valence-electron chi connectivity index (χ1n) is 5.51. The van der Waals surface area contributed by atoms with Gasteiger partial charge in [0, 0.05) is 4.47 Å². The maximum absolute atomic E-state index is 11.2. The van der Waals surface area contributed by atoms with E-state index in [9.17, 15) is 15.0 Å². The summed E-state index contributed by atoms with van der Waals surface area (Å²) >= 11 is 3.35. The predicted octanol–water partition coefficient (Wildman–Crippen LogP) is 2.62. The lowest BCUT2D eigenvalue weighted by molar-refractivity contribution is 0.0998. The molecule has 2 atom stereocenters. The molecule has 92 valence electrons. The molecule has 0 radical (unpaired) electrons. The quantitative estimate of drug-likeness (QED) is 0.882. The maximum Gasteiger partial charge on any atom is 0.408 e. The number of nitrogens with zero attached hydrogens (tertiary/aromatic N) is 1. The first-order chi connectivity index (χ1) is 8.13. The Bertz CT molecular complexity index is 407. The van der Waals surface area contributed by atoms with Crippen LogP contribution in [0.5, 0.6) is 0 Å². The van der Waals surface area contributed by atoms with Gasteiger partial charge in [0.05, 0.1) is 18.7 Å². The van der Waals surface area contributed by atoms with Crippen LogP contribution < -0.4 is 0 Å². The summed E-state index contributed by atoms with van der Waals surface area (Å²) in [6.07, 6.45) is 0.511. The van der Waals surface area contributed by atoms with Crippen molar-refractivity contribution in [3.05, 3.63) is 34.3 Å². The molecule has 1 heterocycles. The van der Waals surface area contributed by atoms with Crippen LogP contribution >= 0.6 is 15.9 Å². The van der Waals surface area contributed by atoms with Crippen LogP contribution in [0.15, 0.2) is 28.7 Å². The SMILES string of the molecule is O=C(O)N1C(c2ccc(Br)cc2)CC[C@H]1CO. The van der Waals surface area contributed by atoms with Crippen LogP contribution in [0, 0.1) is 0 Å². The predicted molar refractivity (Wildman–Crippen MR) is 66.9 cm³/mol. The van der Waals surface area contributed by atoms with E-state index in [0.717, 1.165) is 16.5 Å². The molecule has 1 aromatic rings. The third kappa shape index (κ3) is 2.45. The number of benzene rings is 1. The van der Waals surface area contributed by atoms with E-state index in [0.29, 0.717) is 6.42 Å². The largest absolute Gasteiger partial charge is 0.465 e. The molecule has 1 aromatic carbocycles. The van der Waals surface area contributed by atoms with E-state index in [1.807, 2.05) is 24.3 Å². The van der Waals surface area contributed by atoms with Crippen LogP contribution in [0.25, 0.3) is 0 Å². The molecule has 0 aliphatic carbocycles. The van der Waals surface area contributed by atoms with Gasteiger partial charge >= 0.3 is 6.09 Å². The van der Waals surface area contributed by atoms with Gasteiger partial charge in [-0.2, -0.15) is 0 Å². The highest BCUT2D eigenvalue weighted by molar-refractivity contribution is 9.10. The van der Waals surface area contributed by atoms with Crippen molar-refractivity contribution < 1.29 is 15.0 Å². The molecule has 1 aliphatic rings. The van der Waals surface area contributed by atoms with E-state index < -0.39 is 6.09 Å². The second kappa shape index (κ2) is 5.06. The van der Waals surface area contributed by atoms with Crippen molar-refractivity contribution in [1.82, 2.24) is 4.90 Å². The molecule has 4 nitrogen and oxygen atoms in total. The molecular weight excluding hydrogens is 286 g/mol. The average Bonchev–Trinajstić information content (AvgIpc) is 2.73. The summed E-state index contributed by atoms with van der Waals surface area (Å²) in [6, 6.07) is 7.23. The van der Waals surface area contributed by atoms with E-state index in [-0.39, 0.29) is 18.7 Å². The normalized spacial score (nSPS) is 24.0. The Kier molecular flexibility index (Phi) is 3.69. The van der Waals surface area contributed by atoms with Crippen molar-refractivity contribution in [2.75, 3.05) is 6.61 Å². The molecule has 2 rings (SSSR count). The highest BCUT2D eigenvalue weighted by Crippen LogP contribution is 2.36. The molecule has 0 bridgehead atoms. The Morgan fingerprint density at radius 2 is 2.00 bits per heavy atom. The molecular formula is C12H14BrNO3. The van der Waals surface area contributed by atoms with Gasteiger partial charge in [-0.3, -0.25) is 4.90 Å². The zero-order valence-corrected chi connectivity index (χ0v) is 10.8. The smallest absolute Gasteiger partial charge is 0.408 e. The Hall–Kier alpha value is -1.07. The molecule has 0 aromatic heterocycles. The fourth-order valence-corrected chi connectivity index (χ4v) is 2.63. The van der Waals surface area contributed by atoms with Crippen LogP contribution in [0.2, 0.25) is 0 Å². The Morgan fingerprint density at radius 1 is 1.35 bits per heavy atom. The minimum absolute atomic E-state index is 0.112. The summed E-state index contributed by atoms with van der Waals surface area (Å²) in [7, 11) is 0. The second-order valence-electron chi connectivity index (χ2n) is 4.17. The minimum atomic E-state index is -0.963. The number of aliphatic hydroxyl groups is 1. The molecule has 0 saturated carbocycles. The average molecular weight is 300 g/mol. The minimum Gasteiger partial charge on any atom is -0.465 e. The number of carboxylic acid groups (broad SMARTS) is 1. The summed E-state index contributed by atoms with van der Waals surface area (Å²) < 4.78 is 0.972. The zero-order valence-electron chi connectivity index (χ0n) is 9.21. The van der Waals surface area contributed by atoms with E-state index in [2.05, 4.69) is 15.9 Å². The van der Waals surface area contributed by atoms with Gasteiger partial charge in [0.25, 0.3) is 0 Å². The summed E-state index contributed by atoms with van der Waals surface area (Å²) in [5.41, 5.74) is 0.978. The molecule has 1 aliphatic heterocycles. The number of hydrogen-bond donors (Lipinski definition) is 2. The third-order valence-electron chi connectivity index (χ3n) is 3.19. The van der Waals surface area contributed by atoms with Gasteiger partial charge in [0.1, 0.15) is 0 Å². The van der Waals surface area contributed by atoms with E-state index in [1.54, 1.807) is 0 Å². The van der Waals surface area contributed by atoms with Gasteiger partial charge in [-0.15, -0.1) is 0 Å². The van der Waals surface area contributed by atoms with Crippen LogP contribution in [-0.2, 0) is 0 Å². The summed E-state index contributed by atoms with van der Waals surface area (Å²) in [4.78, 5) is 12.6. The highest BCUT2D eigenvalue weighted by atomic mass is 79.9. The fraction of sp³-hybridized carbons (Fsp3) is 0.417. The molecule has 2 N–H and O–H groups in total. The number of rotatable bonds is 2. The van der Waals surface area contributed by atoms with Crippen molar-refractivity contribution in [3.8, 4) is 0 Å². The van der Waals surface area contributed by atoms with E-state index in [1.165, 1.54) is 4.90 Å². The number of carbonyl (C=O) groups is 1. The second-order valence-corrected chi connectivity index (χ2v) is 5.09. The van der Waals surface area contributed by atoms with Crippen molar-refractivity contribution in [3.63, 3.8) is 0 Å². The summed E-state index contributed by atoms with van der Waals surface area (Å²) in [5.74, 6) is 0. The first kappa shape index (κ1) is 12.4. The fourth-order valence-electron chi connectivity index (χ4n) is 2.36. The molecule has 1 unspecified atom stereocenters. The molecule has 5 heteroatoms. The standard InChI is InChI=1S/C12H14BrNO3/c13-9-3-1-8(2-4-9)11-6-5-10(7-15)14(11)12(16)17/h1-4,10-11,15H,5-7H2,(H,16,17)/t10-,11?/m0/s1. The lowest BCUT2D eigenvalue weighted by atomic mass is 10.1. The van der Waals surface area contributed by atoms with Crippen molar-refractivity contribution in [2.24, 2.45) is 0 Å². The number of amides is 1. The lowest BCUT2D eigenvalue weighted by Crippen LogP contribution is -2.38. The maximum atomic E-state index is 11.2. The summed E-state index contributed by atoms with van der Waals surface area (Å²) in [5, 5.41) is 18.4. The zero-order chi connectivity index (χ0) is 12.4. The van der Waals surface area contributed by atoms with Crippen LogP contribution in [0.3, 0.4) is 0 Å². The van der Waals surface area contributed by atoms with Gasteiger partial charge in [-0.1, -0.05) is 28.1 Å². The Balaban J connectivity index is 2.26.